The Morgan fingerprint density at radius 2 is 2.12 bits per heavy atom. The molecule has 2 atom stereocenters. The Bertz CT molecular complexity index is 437. The van der Waals surface area contributed by atoms with Crippen molar-refractivity contribution in [1.82, 2.24) is 0 Å². The molecule has 0 unspecified atom stereocenters. The molecule has 0 bridgehead atoms. The minimum atomic E-state index is -0.832. The van der Waals surface area contributed by atoms with Crippen molar-refractivity contribution in [3.05, 3.63) is 35.4 Å². The number of carbonyl (C=O) groups is 2. The zero-order valence-corrected chi connectivity index (χ0v) is 9.14. The van der Waals surface area contributed by atoms with Gasteiger partial charge in [-0.05, 0) is 5.56 Å². The molecule has 1 aliphatic carbocycles. The van der Waals surface area contributed by atoms with E-state index in [1.165, 1.54) is 0 Å². The molecule has 1 aromatic rings. The molecule has 2 rings (SSSR count). The molecule has 0 radical (unpaired) electrons. The molecule has 0 saturated heterocycles. The first-order valence-corrected chi connectivity index (χ1v) is 5.48. The highest BCUT2D eigenvalue weighted by Gasteiger charge is 2.35. The summed E-state index contributed by atoms with van der Waals surface area (Å²) in [5.74, 6) is -0.657. The van der Waals surface area contributed by atoms with Crippen LogP contribution in [0.1, 0.15) is 41.8 Å². The summed E-state index contributed by atoms with van der Waals surface area (Å²) in [5, 5.41) is 10.1. The molecule has 1 aliphatic rings. The molecular weight excluding hydrogens is 204 g/mol. The van der Waals surface area contributed by atoms with Gasteiger partial charge in [0, 0.05) is 18.4 Å². The Morgan fingerprint density at radius 1 is 1.44 bits per heavy atom. The Labute approximate surface area is 94.1 Å². The predicted octanol–water partition coefficient (Wildman–Crippen LogP) is 1.90. The van der Waals surface area contributed by atoms with Gasteiger partial charge in [0.15, 0.2) is 5.78 Å². The van der Waals surface area contributed by atoms with Crippen LogP contribution in [0.2, 0.25) is 0 Å². The number of carbonyl (C=O) groups excluding carboxylic acids is 2. The van der Waals surface area contributed by atoms with Gasteiger partial charge in [0.25, 0.3) is 0 Å². The second kappa shape index (κ2) is 4.18. The van der Waals surface area contributed by atoms with Crippen LogP contribution >= 0.6 is 0 Å². The summed E-state index contributed by atoms with van der Waals surface area (Å²) in [5.41, 5.74) is 1.14. The Balaban J connectivity index is 2.42. The third kappa shape index (κ3) is 1.67. The molecule has 1 N–H and O–H groups in total. The van der Waals surface area contributed by atoms with Gasteiger partial charge in [0.2, 0.25) is 0 Å². The lowest BCUT2D eigenvalue weighted by molar-refractivity contribution is -0.126. The van der Waals surface area contributed by atoms with Gasteiger partial charge < -0.3 is 5.11 Å². The van der Waals surface area contributed by atoms with Crippen molar-refractivity contribution in [3.63, 3.8) is 0 Å². The Kier molecular flexibility index (Phi) is 2.88. The average Bonchev–Trinajstić information content (AvgIpc) is 2.33. The summed E-state index contributed by atoms with van der Waals surface area (Å²) < 4.78 is 0. The normalized spacial score (nSPS) is 24.0. The molecule has 16 heavy (non-hydrogen) atoms. The highest BCUT2D eigenvalue weighted by Crippen LogP contribution is 2.35. The lowest BCUT2D eigenvalue weighted by Crippen LogP contribution is -2.30. The van der Waals surface area contributed by atoms with Gasteiger partial charge in [-0.25, -0.2) is 0 Å². The number of hydrogen-bond acceptors (Lipinski definition) is 3. The second-order valence-electron chi connectivity index (χ2n) is 4.09. The van der Waals surface area contributed by atoms with E-state index in [9.17, 15) is 14.7 Å². The van der Waals surface area contributed by atoms with Crippen LogP contribution in [0.25, 0.3) is 0 Å². The zero-order chi connectivity index (χ0) is 11.7. The van der Waals surface area contributed by atoms with Gasteiger partial charge in [-0.15, -0.1) is 0 Å². The number of fused-ring (bicyclic) bond motifs is 1. The SMILES string of the molecule is CCC(=O)[C@@H]1CC(=O)c2ccccc2[C@@H]1O. The fourth-order valence-electron chi connectivity index (χ4n) is 2.20. The summed E-state index contributed by atoms with van der Waals surface area (Å²) in [4.78, 5) is 23.4. The van der Waals surface area contributed by atoms with E-state index in [-0.39, 0.29) is 18.0 Å². The molecule has 0 saturated carbocycles. The number of aliphatic hydroxyl groups is 1. The van der Waals surface area contributed by atoms with E-state index in [1.54, 1.807) is 31.2 Å². The molecule has 84 valence electrons. The number of ketones is 2. The topological polar surface area (TPSA) is 54.4 Å². The number of rotatable bonds is 2. The van der Waals surface area contributed by atoms with E-state index >= 15 is 0 Å². The first-order chi connectivity index (χ1) is 7.65. The monoisotopic (exact) mass is 218 g/mol. The summed E-state index contributed by atoms with van der Waals surface area (Å²) in [6, 6.07) is 6.96. The van der Waals surface area contributed by atoms with Crippen molar-refractivity contribution in [3.8, 4) is 0 Å². The Morgan fingerprint density at radius 3 is 2.81 bits per heavy atom. The quantitative estimate of drug-likeness (QED) is 0.824. The van der Waals surface area contributed by atoms with Crippen molar-refractivity contribution < 1.29 is 14.7 Å². The van der Waals surface area contributed by atoms with Crippen LogP contribution in [-0.2, 0) is 4.79 Å². The number of Topliss-reactive ketones (excluding diaryl/α,β-unsaturated/α-hetero) is 2. The molecule has 0 aliphatic heterocycles. The van der Waals surface area contributed by atoms with E-state index in [0.29, 0.717) is 17.5 Å². The molecule has 0 fully saturated rings. The lowest BCUT2D eigenvalue weighted by Gasteiger charge is -2.27. The molecule has 0 amide bonds. The molecule has 0 spiro atoms. The lowest BCUT2D eigenvalue weighted by atomic mass is 9.78. The van der Waals surface area contributed by atoms with Crippen molar-refractivity contribution in [2.24, 2.45) is 5.92 Å². The highest BCUT2D eigenvalue weighted by atomic mass is 16.3. The van der Waals surface area contributed by atoms with Crippen LogP contribution in [0.4, 0.5) is 0 Å². The van der Waals surface area contributed by atoms with Crippen LogP contribution in [0.15, 0.2) is 24.3 Å². The molecule has 3 nitrogen and oxygen atoms in total. The maximum atomic E-state index is 11.8. The van der Waals surface area contributed by atoms with E-state index in [2.05, 4.69) is 0 Å². The third-order valence-electron chi connectivity index (χ3n) is 3.13. The van der Waals surface area contributed by atoms with Crippen molar-refractivity contribution >= 4 is 11.6 Å². The van der Waals surface area contributed by atoms with Gasteiger partial charge in [-0.2, -0.15) is 0 Å². The minimum Gasteiger partial charge on any atom is -0.388 e. The van der Waals surface area contributed by atoms with Crippen molar-refractivity contribution in [2.75, 3.05) is 0 Å². The third-order valence-corrected chi connectivity index (χ3v) is 3.13. The van der Waals surface area contributed by atoms with Gasteiger partial charge in [0.05, 0.1) is 12.0 Å². The van der Waals surface area contributed by atoms with E-state index in [4.69, 9.17) is 0 Å². The maximum Gasteiger partial charge on any atom is 0.164 e. The van der Waals surface area contributed by atoms with Crippen LogP contribution < -0.4 is 0 Å². The largest absolute Gasteiger partial charge is 0.388 e. The Hall–Kier alpha value is -1.48. The summed E-state index contributed by atoms with van der Waals surface area (Å²) in [6.07, 6.45) is -0.344. The van der Waals surface area contributed by atoms with Crippen molar-refractivity contribution in [2.45, 2.75) is 25.9 Å². The average molecular weight is 218 g/mol. The molecule has 3 heteroatoms. The van der Waals surface area contributed by atoms with Gasteiger partial charge in [0.1, 0.15) is 5.78 Å². The maximum absolute atomic E-state index is 11.8. The highest BCUT2D eigenvalue weighted by molar-refractivity contribution is 6.02. The van der Waals surface area contributed by atoms with Crippen LogP contribution in [0.3, 0.4) is 0 Å². The first kappa shape index (κ1) is 11.0. The molecular formula is C13H14O3. The summed E-state index contributed by atoms with van der Waals surface area (Å²) >= 11 is 0. The summed E-state index contributed by atoms with van der Waals surface area (Å²) in [7, 11) is 0. The van der Waals surface area contributed by atoms with E-state index < -0.39 is 12.0 Å². The molecule has 1 aromatic carbocycles. The van der Waals surface area contributed by atoms with E-state index in [0.717, 1.165) is 0 Å². The van der Waals surface area contributed by atoms with Crippen LogP contribution in [0, 0.1) is 5.92 Å². The van der Waals surface area contributed by atoms with Gasteiger partial charge in [-0.3, -0.25) is 9.59 Å². The van der Waals surface area contributed by atoms with Crippen LogP contribution in [0.5, 0.6) is 0 Å². The number of hydrogen-bond donors (Lipinski definition) is 1. The smallest absolute Gasteiger partial charge is 0.164 e. The first-order valence-electron chi connectivity index (χ1n) is 5.48. The summed E-state index contributed by atoms with van der Waals surface area (Å²) in [6.45, 7) is 1.75. The van der Waals surface area contributed by atoms with Gasteiger partial charge >= 0.3 is 0 Å². The minimum absolute atomic E-state index is 0.0460. The van der Waals surface area contributed by atoms with Crippen LogP contribution in [-0.4, -0.2) is 16.7 Å². The number of benzene rings is 1. The molecule has 0 aromatic heterocycles. The fraction of sp³-hybridized carbons (Fsp3) is 0.385. The predicted molar refractivity (Wildman–Crippen MR) is 59.1 cm³/mol. The second-order valence-corrected chi connectivity index (χ2v) is 4.09. The molecule has 0 heterocycles. The van der Waals surface area contributed by atoms with Crippen molar-refractivity contribution in [1.29, 1.82) is 0 Å². The van der Waals surface area contributed by atoms with E-state index in [1.807, 2.05) is 0 Å². The standard InChI is InChI=1S/C13H14O3/c1-2-11(14)10-7-12(15)8-5-3-4-6-9(8)13(10)16/h3-6,10,13,16H,2,7H2,1H3/t10-,13-/m0/s1. The van der Waals surface area contributed by atoms with Gasteiger partial charge in [-0.1, -0.05) is 31.2 Å². The number of aliphatic hydroxyl groups excluding tert-OH is 1. The zero-order valence-electron chi connectivity index (χ0n) is 9.14. The fourth-order valence-corrected chi connectivity index (χ4v) is 2.20.